The predicted molar refractivity (Wildman–Crippen MR) is 86.1 cm³/mol. The number of benzene rings is 1. The number of anilines is 1. The molecule has 0 aliphatic rings. The number of carbonyl (C=O) groups is 2. The number of carboxylic acids is 1. The fourth-order valence-corrected chi connectivity index (χ4v) is 2.35. The van der Waals surface area contributed by atoms with Crippen LogP contribution in [-0.4, -0.2) is 32.9 Å². The zero-order chi connectivity index (χ0) is 17.0. The lowest BCUT2D eigenvalue weighted by molar-refractivity contribution is -0.139. The normalized spacial score (nSPS) is 11.1. The molecule has 2 rings (SSSR count). The van der Waals surface area contributed by atoms with Gasteiger partial charge >= 0.3 is 5.97 Å². The molecule has 0 aliphatic heterocycles. The molecule has 0 saturated heterocycles. The summed E-state index contributed by atoms with van der Waals surface area (Å²) in [6, 6.07) is 6.19. The van der Waals surface area contributed by atoms with Crippen molar-refractivity contribution in [2.45, 2.75) is 26.2 Å². The van der Waals surface area contributed by atoms with Crippen LogP contribution in [0.25, 0.3) is 0 Å². The van der Waals surface area contributed by atoms with Crippen molar-refractivity contribution in [3.8, 4) is 5.75 Å². The van der Waals surface area contributed by atoms with Crippen molar-refractivity contribution >= 4 is 28.5 Å². The molecule has 0 radical (unpaired) electrons. The maximum Gasteiger partial charge on any atom is 0.341 e. The van der Waals surface area contributed by atoms with E-state index in [0.29, 0.717) is 22.3 Å². The Morgan fingerprint density at radius 2 is 1.91 bits per heavy atom. The average molecular weight is 335 g/mol. The number of rotatable bonds is 5. The maximum atomic E-state index is 12.1. The van der Waals surface area contributed by atoms with Crippen LogP contribution in [0.2, 0.25) is 0 Å². The zero-order valence-corrected chi connectivity index (χ0v) is 13.8. The number of hydrogen-bond donors (Lipinski definition) is 2. The van der Waals surface area contributed by atoms with Crippen molar-refractivity contribution in [3.63, 3.8) is 0 Å². The summed E-state index contributed by atoms with van der Waals surface area (Å²) in [5.74, 6) is -0.311. The summed E-state index contributed by atoms with van der Waals surface area (Å²) in [5.41, 5.74) is 0.239. The number of hydrogen-bond acceptors (Lipinski definition) is 6. The second-order valence-electron chi connectivity index (χ2n) is 5.83. The lowest BCUT2D eigenvalue weighted by Crippen LogP contribution is -2.15. The quantitative estimate of drug-likeness (QED) is 0.871. The lowest BCUT2D eigenvalue weighted by atomic mass is 9.96. The Labute approximate surface area is 137 Å². The van der Waals surface area contributed by atoms with Gasteiger partial charge in [-0.2, -0.15) is 4.37 Å². The highest BCUT2D eigenvalue weighted by Gasteiger charge is 2.20. The molecule has 7 nitrogen and oxygen atoms in total. The van der Waals surface area contributed by atoms with Gasteiger partial charge in [0.15, 0.2) is 6.61 Å². The van der Waals surface area contributed by atoms with Crippen LogP contribution in [0.3, 0.4) is 0 Å². The van der Waals surface area contributed by atoms with Gasteiger partial charge in [0.25, 0.3) is 5.91 Å². The Morgan fingerprint density at radius 1 is 1.26 bits per heavy atom. The number of aliphatic carboxylic acids is 1. The monoisotopic (exact) mass is 335 g/mol. The van der Waals surface area contributed by atoms with Crippen molar-refractivity contribution in [2.24, 2.45) is 0 Å². The molecule has 1 amide bonds. The van der Waals surface area contributed by atoms with Crippen LogP contribution in [0.1, 0.15) is 37.0 Å². The van der Waals surface area contributed by atoms with Crippen LogP contribution >= 0.6 is 11.5 Å². The molecular formula is C15H17N3O4S. The molecule has 8 heteroatoms. The minimum Gasteiger partial charge on any atom is -0.482 e. The zero-order valence-electron chi connectivity index (χ0n) is 13.0. The van der Waals surface area contributed by atoms with E-state index in [2.05, 4.69) is 14.7 Å². The van der Waals surface area contributed by atoms with Gasteiger partial charge in [0, 0.05) is 22.5 Å². The molecule has 0 atom stereocenters. The molecule has 1 aromatic heterocycles. The summed E-state index contributed by atoms with van der Waals surface area (Å²) < 4.78 is 9.24. The van der Waals surface area contributed by atoms with E-state index in [9.17, 15) is 9.59 Å². The smallest absolute Gasteiger partial charge is 0.341 e. The molecule has 23 heavy (non-hydrogen) atoms. The first kappa shape index (κ1) is 16.9. The van der Waals surface area contributed by atoms with E-state index in [-0.39, 0.29) is 11.3 Å². The molecule has 0 saturated carbocycles. The number of carbonyl (C=O) groups excluding carboxylic acids is 1. The van der Waals surface area contributed by atoms with E-state index >= 15 is 0 Å². The van der Waals surface area contributed by atoms with Crippen LogP contribution in [0, 0.1) is 0 Å². The van der Waals surface area contributed by atoms with Crippen LogP contribution in [-0.2, 0) is 10.2 Å². The first-order valence-corrected chi connectivity index (χ1v) is 7.63. The number of nitrogens with zero attached hydrogens (tertiary/aromatic N) is 2. The molecule has 0 fully saturated rings. The second-order valence-corrected chi connectivity index (χ2v) is 6.59. The fourth-order valence-electron chi connectivity index (χ4n) is 1.60. The van der Waals surface area contributed by atoms with Crippen molar-refractivity contribution in [3.05, 3.63) is 35.7 Å². The minimum absolute atomic E-state index is 0.178. The third-order valence-corrected chi connectivity index (χ3v) is 3.43. The van der Waals surface area contributed by atoms with Crippen LogP contribution in [0.5, 0.6) is 5.75 Å². The topological polar surface area (TPSA) is 101 Å². The number of carboxylic acid groups (broad SMARTS) is 1. The summed E-state index contributed by atoms with van der Waals surface area (Å²) in [4.78, 5) is 26.9. The van der Waals surface area contributed by atoms with Crippen LogP contribution in [0.4, 0.5) is 5.13 Å². The molecule has 0 bridgehead atoms. The standard InChI is InChI=1S/C15H17N3O4S/c1-15(2,3)13-17-14(23-18-13)16-12(21)9-4-6-10(7-5-9)22-8-11(19)20/h4-7H,8H2,1-3H3,(H,19,20)(H,16,17,18,21). The Morgan fingerprint density at radius 3 is 2.43 bits per heavy atom. The van der Waals surface area contributed by atoms with E-state index in [1.54, 1.807) is 24.3 Å². The molecule has 1 heterocycles. The van der Waals surface area contributed by atoms with E-state index in [1.165, 1.54) is 0 Å². The Kier molecular flexibility index (Phi) is 4.95. The average Bonchev–Trinajstić information content (AvgIpc) is 2.94. The number of amides is 1. The van der Waals surface area contributed by atoms with Gasteiger partial charge in [-0.05, 0) is 24.3 Å². The van der Waals surface area contributed by atoms with Crippen molar-refractivity contribution in [2.75, 3.05) is 11.9 Å². The van der Waals surface area contributed by atoms with Crippen molar-refractivity contribution in [1.82, 2.24) is 9.36 Å². The van der Waals surface area contributed by atoms with Gasteiger partial charge in [-0.1, -0.05) is 20.8 Å². The summed E-state index contributed by atoms with van der Waals surface area (Å²) in [6.45, 7) is 5.56. The Balaban J connectivity index is 2.00. The summed E-state index contributed by atoms with van der Waals surface area (Å²) in [5, 5.41) is 11.7. The molecule has 2 aromatic rings. The first-order valence-electron chi connectivity index (χ1n) is 6.86. The summed E-state index contributed by atoms with van der Waals surface area (Å²) in [6.07, 6.45) is 0. The van der Waals surface area contributed by atoms with E-state index in [0.717, 1.165) is 11.5 Å². The van der Waals surface area contributed by atoms with Gasteiger partial charge in [-0.25, -0.2) is 9.78 Å². The second kappa shape index (κ2) is 6.74. The highest BCUT2D eigenvalue weighted by atomic mass is 32.1. The predicted octanol–water partition coefficient (Wildman–Crippen LogP) is 2.55. The number of aromatic nitrogens is 2. The van der Waals surface area contributed by atoms with Gasteiger partial charge in [-0.3, -0.25) is 10.1 Å². The van der Waals surface area contributed by atoms with Crippen molar-refractivity contribution < 1.29 is 19.4 Å². The van der Waals surface area contributed by atoms with Gasteiger partial charge in [0.05, 0.1) is 0 Å². The third kappa shape index (κ3) is 4.75. The largest absolute Gasteiger partial charge is 0.482 e. The Bertz CT molecular complexity index is 704. The molecular weight excluding hydrogens is 318 g/mol. The van der Waals surface area contributed by atoms with Gasteiger partial charge in [0.2, 0.25) is 5.13 Å². The van der Waals surface area contributed by atoms with Crippen LogP contribution in [0.15, 0.2) is 24.3 Å². The highest BCUT2D eigenvalue weighted by molar-refractivity contribution is 7.09. The molecule has 0 spiro atoms. The molecule has 122 valence electrons. The van der Waals surface area contributed by atoms with E-state index < -0.39 is 12.6 Å². The third-order valence-electron chi connectivity index (χ3n) is 2.80. The van der Waals surface area contributed by atoms with E-state index in [1.807, 2.05) is 20.8 Å². The lowest BCUT2D eigenvalue weighted by Gasteiger charge is -2.12. The number of ether oxygens (including phenoxy) is 1. The molecule has 1 aromatic carbocycles. The van der Waals surface area contributed by atoms with E-state index in [4.69, 9.17) is 9.84 Å². The minimum atomic E-state index is -1.06. The molecule has 0 unspecified atom stereocenters. The highest BCUT2D eigenvalue weighted by Crippen LogP contribution is 2.23. The van der Waals surface area contributed by atoms with Crippen LogP contribution < -0.4 is 10.1 Å². The van der Waals surface area contributed by atoms with Gasteiger partial charge in [-0.15, -0.1) is 0 Å². The first-order chi connectivity index (χ1) is 10.8. The maximum absolute atomic E-state index is 12.1. The van der Waals surface area contributed by atoms with Gasteiger partial charge < -0.3 is 9.84 Å². The molecule has 2 N–H and O–H groups in total. The van der Waals surface area contributed by atoms with Crippen molar-refractivity contribution in [1.29, 1.82) is 0 Å². The summed E-state index contributed by atoms with van der Waals surface area (Å²) >= 11 is 1.13. The molecule has 0 aliphatic carbocycles. The number of nitrogens with one attached hydrogen (secondary N) is 1. The SMILES string of the molecule is CC(C)(C)c1nsc(NC(=O)c2ccc(OCC(=O)O)cc2)n1. The fraction of sp³-hybridized carbons (Fsp3) is 0.333. The summed E-state index contributed by atoms with van der Waals surface area (Å²) in [7, 11) is 0. The Hall–Kier alpha value is -2.48. The van der Waals surface area contributed by atoms with Gasteiger partial charge in [0.1, 0.15) is 11.6 Å².